The maximum absolute atomic E-state index is 12.3. The smallest absolute Gasteiger partial charge is 0.321 e. The molecule has 1 saturated heterocycles. The number of ether oxygens (including phenoxy) is 2. The van der Waals surface area contributed by atoms with Crippen molar-refractivity contribution in [3.05, 3.63) is 18.3 Å². The quantitative estimate of drug-likeness (QED) is 0.894. The summed E-state index contributed by atoms with van der Waals surface area (Å²) < 4.78 is 10.6. The minimum Gasteiger partial charge on any atom is -0.481 e. The topological polar surface area (TPSA) is 63.7 Å². The van der Waals surface area contributed by atoms with Gasteiger partial charge in [-0.2, -0.15) is 0 Å². The SMILES string of the molecule is COc1ccc(NC(=O)N2CCOCC3(CC3)C2)cn1. The van der Waals surface area contributed by atoms with Crippen molar-refractivity contribution >= 4 is 11.7 Å². The van der Waals surface area contributed by atoms with Crippen molar-refractivity contribution in [2.24, 2.45) is 5.41 Å². The third-order valence-electron chi connectivity index (χ3n) is 3.88. The van der Waals surface area contributed by atoms with E-state index in [0.717, 1.165) is 26.0 Å². The number of carbonyl (C=O) groups is 1. The lowest BCUT2D eigenvalue weighted by Gasteiger charge is -2.23. The molecule has 108 valence electrons. The molecule has 1 aromatic rings. The van der Waals surface area contributed by atoms with Crippen molar-refractivity contribution in [3.63, 3.8) is 0 Å². The first kappa shape index (κ1) is 13.2. The summed E-state index contributed by atoms with van der Waals surface area (Å²) in [7, 11) is 1.56. The van der Waals surface area contributed by atoms with Crippen molar-refractivity contribution < 1.29 is 14.3 Å². The Kier molecular flexibility index (Phi) is 3.48. The summed E-state index contributed by atoms with van der Waals surface area (Å²) in [6, 6.07) is 3.42. The second-order valence-corrected chi connectivity index (χ2v) is 5.49. The van der Waals surface area contributed by atoms with Crippen LogP contribution in [0.4, 0.5) is 10.5 Å². The Labute approximate surface area is 118 Å². The van der Waals surface area contributed by atoms with E-state index in [2.05, 4.69) is 10.3 Å². The first-order valence-electron chi connectivity index (χ1n) is 6.85. The summed E-state index contributed by atoms with van der Waals surface area (Å²) in [4.78, 5) is 18.2. The zero-order valence-electron chi connectivity index (χ0n) is 11.6. The Morgan fingerprint density at radius 2 is 2.35 bits per heavy atom. The molecule has 1 aliphatic carbocycles. The van der Waals surface area contributed by atoms with Crippen LogP contribution in [0, 0.1) is 5.41 Å². The number of carbonyl (C=O) groups excluding carboxylic acids is 1. The molecule has 1 saturated carbocycles. The van der Waals surface area contributed by atoms with Crippen LogP contribution in [0.2, 0.25) is 0 Å². The fourth-order valence-electron chi connectivity index (χ4n) is 2.42. The van der Waals surface area contributed by atoms with Crippen molar-refractivity contribution in [2.45, 2.75) is 12.8 Å². The average Bonchev–Trinajstić information content (AvgIpc) is 3.26. The molecule has 2 fully saturated rings. The maximum atomic E-state index is 12.3. The van der Waals surface area contributed by atoms with Gasteiger partial charge in [0.1, 0.15) is 0 Å². The van der Waals surface area contributed by atoms with Gasteiger partial charge >= 0.3 is 6.03 Å². The molecule has 6 heteroatoms. The number of urea groups is 1. The number of nitrogens with zero attached hydrogens (tertiary/aromatic N) is 2. The minimum atomic E-state index is -0.0891. The van der Waals surface area contributed by atoms with E-state index in [9.17, 15) is 4.79 Å². The Balaban J connectivity index is 1.62. The van der Waals surface area contributed by atoms with Crippen molar-refractivity contribution in [1.82, 2.24) is 9.88 Å². The van der Waals surface area contributed by atoms with Crippen LogP contribution in [0.5, 0.6) is 5.88 Å². The van der Waals surface area contributed by atoms with Crippen LogP contribution in [-0.2, 0) is 4.74 Å². The van der Waals surface area contributed by atoms with E-state index >= 15 is 0 Å². The Morgan fingerprint density at radius 3 is 3.00 bits per heavy atom. The van der Waals surface area contributed by atoms with Crippen molar-refractivity contribution in [2.75, 3.05) is 38.7 Å². The molecule has 1 spiro atoms. The molecule has 1 N–H and O–H groups in total. The van der Waals surface area contributed by atoms with Crippen molar-refractivity contribution in [3.8, 4) is 5.88 Å². The molecule has 2 heterocycles. The summed E-state index contributed by atoms with van der Waals surface area (Å²) >= 11 is 0. The van der Waals surface area contributed by atoms with Gasteiger partial charge in [0, 0.05) is 24.6 Å². The molecule has 0 atom stereocenters. The number of aromatic nitrogens is 1. The summed E-state index contributed by atoms with van der Waals surface area (Å²) in [5, 5.41) is 2.87. The molecule has 0 aromatic carbocycles. The van der Waals surface area contributed by atoms with Crippen LogP contribution in [0.3, 0.4) is 0 Å². The maximum Gasteiger partial charge on any atom is 0.321 e. The van der Waals surface area contributed by atoms with E-state index in [1.807, 2.05) is 4.90 Å². The molecule has 0 bridgehead atoms. The molecule has 3 rings (SSSR count). The highest BCUT2D eigenvalue weighted by molar-refractivity contribution is 5.89. The van der Waals surface area contributed by atoms with Gasteiger partial charge in [-0.25, -0.2) is 9.78 Å². The monoisotopic (exact) mass is 277 g/mol. The highest BCUT2D eigenvalue weighted by Crippen LogP contribution is 2.47. The van der Waals surface area contributed by atoms with Crippen LogP contribution in [0.25, 0.3) is 0 Å². The van der Waals surface area contributed by atoms with Crippen LogP contribution in [0.1, 0.15) is 12.8 Å². The van der Waals surface area contributed by atoms with Crippen molar-refractivity contribution in [1.29, 1.82) is 0 Å². The predicted molar refractivity (Wildman–Crippen MR) is 73.9 cm³/mol. The molecule has 20 heavy (non-hydrogen) atoms. The number of hydrogen-bond acceptors (Lipinski definition) is 4. The van der Waals surface area contributed by atoms with Gasteiger partial charge in [0.15, 0.2) is 0 Å². The second kappa shape index (κ2) is 5.28. The van der Waals surface area contributed by atoms with Gasteiger partial charge in [-0.3, -0.25) is 0 Å². The van der Waals surface area contributed by atoms with Crippen LogP contribution in [-0.4, -0.2) is 49.3 Å². The molecular weight excluding hydrogens is 258 g/mol. The number of methoxy groups -OCH3 is 1. The predicted octanol–water partition coefficient (Wildman–Crippen LogP) is 1.73. The molecular formula is C14H19N3O3. The number of hydrogen-bond donors (Lipinski definition) is 1. The van der Waals surface area contributed by atoms with E-state index in [1.54, 1.807) is 25.4 Å². The van der Waals surface area contributed by atoms with Crippen LogP contribution >= 0.6 is 0 Å². The lowest BCUT2D eigenvalue weighted by Crippen LogP contribution is -2.39. The van der Waals surface area contributed by atoms with Gasteiger partial charge < -0.3 is 19.7 Å². The number of nitrogens with one attached hydrogen (secondary N) is 1. The fraction of sp³-hybridized carbons (Fsp3) is 0.571. The Morgan fingerprint density at radius 1 is 1.50 bits per heavy atom. The van der Waals surface area contributed by atoms with Crippen LogP contribution < -0.4 is 10.1 Å². The van der Waals surface area contributed by atoms with E-state index in [1.165, 1.54) is 0 Å². The summed E-state index contributed by atoms with van der Waals surface area (Å²) in [5.41, 5.74) is 0.886. The second-order valence-electron chi connectivity index (χ2n) is 5.49. The van der Waals surface area contributed by atoms with Gasteiger partial charge in [-0.1, -0.05) is 0 Å². The lowest BCUT2D eigenvalue weighted by molar-refractivity contribution is 0.115. The number of rotatable bonds is 2. The van der Waals surface area contributed by atoms with Crippen LogP contribution in [0.15, 0.2) is 18.3 Å². The number of amides is 2. The largest absolute Gasteiger partial charge is 0.481 e. The molecule has 1 aromatic heterocycles. The molecule has 0 radical (unpaired) electrons. The third kappa shape index (κ3) is 2.85. The van der Waals surface area contributed by atoms with Gasteiger partial charge in [0.05, 0.1) is 32.2 Å². The molecule has 2 aliphatic rings. The highest BCUT2D eigenvalue weighted by atomic mass is 16.5. The first-order valence-corrected chi connectivity index (χ1v) is 6.85. The molecule has 0 unspecified atom stereocenters. The minimum absolute atomic E-state index is 0.0891. The lowest BCUT2D eigenvalue weighted by atomic mass is 10.1. The zero-order chi connectivity index (χ0) is 14.0. The zero-order valence-corrected chi connectivity index (χ0v) is 11.6. The van der Waals surface area contributed by atoms with E-state index in [4.69, 9.17) is 9.47 Å². The Bertz CT molecular complexity index is 485. The summed E-state index contributed by atoms with van der Waals surface area (Å²) in [6.07, 6.45) is 3.90. The highest BCUT2D eigenvalue weighted by Gasteiger charge is 2.46. The van der Waals surface area contributed by atoms with Gasteiger partial charge in [-0.05, 0) is 18.9 Å². The number of pyridine rings is 1. The number of anilines is 1. The van der Waals surface area contributed by atoms with E-state index in [-0.39, 0.29) is 11.4 Å². The molecule has 2 amide bonds. The standard InChI is InChI=1S/C14H19N3O3/c1-19-12-3-2-11(8-15-12)16-13(18)17-6-7-20-10-14(9-17)4-5-14/h2-3,8H,4-7,9-10H2,1H3,(H,16,18). The van der Waals surface area contributed by atoms with E-state index in [0.29, 0.717) is 24.7 Å². The van der Waals surface area contributed by atoms with E-state index < -0.39 is 0 Å². The molecule has 1 aliphatic heterocycles. The third-order valence-corrected chi connectivity index (χ3v) is 3.88. The summed E-state index contributed by atoms with van der Waals surface area (Å²) in [5.74, 6) is 0.531. The van der Waals surface area contributed by atoms with Gasteiger partial charge in [0.2, 0.25) is 5.88 Å². The fourth-order valence-corrected chi connectivity index (χ4v) is 2.42. The average molecular weight is 277 g/mol. The van der Waals surface area contributed by atoms with Gasteiger partial charge in [0.25, 0.3) is 0 Å². The first-order chi connectivity index (χ1) is 9.71. The summed E-state index contributed by atoms with van der Waals surface area (Å²) in [6.45, 7) is 2.80. The van der Waals surface area contributed by atoms with Gasteiger partial charge in [-0.15, -0.1) is 0 Å². The molecule has 6 nitrogen and oxygen atoms in total. The normalized spacial score (nSPS) is 20.4. The Hall–Kier alpha value is -1.82.